The number of rotatable bonds is 6. The highest BCUT2D eigenvalue weighted by Gasteiger charge is 2.12. The minimum absolute atomic E-state index is 0.0751. The van der Waals surface area contributed by atoms with Crippen LogP contribution >= 0.6 is 15.9 Å². The zero-order valence-corrected chi connectivity index (χ0v) is 12.2. The second-order valence-electron chi connectivity index (χ2n) is 4.05. The van der Waals surface area contributed by atoms with Gasteiger partial charge in [0.1, 0.15) is 17.6 Å². The maximum atomic E-state index is 11.6. The molecule has 0 fully saturated rings. The summed E-state index contributed by atoms with van der Waals surface area (Å²) in [6.07, 6.45) is 0.605. The third-order valence-electron chi connectivity index (χ3n) is 2.56. The van der Waals surface area contributed by atoms with E-state index in [0.717, 1.165) is 4.47 Å². The Kier molecular flexibility index (Phi) is 5.20. The monoisotopic (exact) mass is 339 g/mol. The van der Waals surface area contributed by atoms with Crippen LogP contribution in [0.4, 0.5) is 0 Å². The van der Waals surface area contributed by atoms with E-state index in [2.05, 4.69) is 21.2 Å². The number of nitrogens with one attached hydrogen (secondary N) is 1. The molecule has 0 saturated carbocycles. The molecule has 5 nitrogen and oxygen atoms in total. The van der Waals surface area contributed by atoms with Gasteiger partial charge in [0.25, 0.3) is 5.91 Å². The Morgan fingerprint density at radius 2 is 2.15 bits per heavy atom. The summed E-state index contributed by atoms with van der Waals surface area (Å²) in [4.78, 5) is 11.6. The summed E-state index contributed by atoms with van der Waals surface area (Å²) in [6.45, 7) is -0.0425. The lowest BCUT2D eigenvalue weighted by molar-refractivity contribution is -0.123. The van der Waals surface area contributed by atoms with Crippen molar-refractivity contribution < 1.29 is 19.1 Å². The van der Waals surface area contributed by atoms with Crippen molar-refractivity contribution in [2.24, 2.45) is 0 Å². The molecular formula is C14H14BrNO4. The molecule has 1 amide bonds. The highest BCUT2D eigenvalue weighted by Crippen LogP contribution is 2.23. The minimum atomic E-state index is -0.864. The number of ether oxygens (including phenoxy) is 1. The van der Waals surface area contributed by atoms with Gasteiger partial charge in [-0.15, -0.1) is 0 Å². The van der Waals surface area contributed by atoms with Gasteiger partial charge in [-0.3, -0.25) is 4.79 Å². The molecule has 2 N–H and O–H groups in total. The van der Waals surface area contributed by atoms with Gasteiger partial charge in [0.05, 0.1) is 17.3 Å². The van der Waals surface area contributed by atoms with Crippen molar-refractivity contribution in [1.82, 2.24) is 5.32 Å². The van der Waals surface area contributed by atoms with E-state index in [4.69, 9.17) is 9.15 Å². The number of benzene rings is 1. The number of aliphatic hydroxyl groups is 1. The van der Waals surface area contributed by atoms with Crippen LogP contribution in [0.2, 0.25) is 0 Å². The molecule has 1 atom stereocenters. The lowest BCUT2D eigenvalue weighted by Crippen LogP contribution is -2.32. The Hall–Kier alpha value is -1.79. The van der Waals surface area contributed by atoms with E-state index in [-0.39, 0.29) is 19.1 Å². The summed E-state index contributed by atoms with van der Waals surface area (Å²) in [5.74, 6) is 0.692. The number of carbonyl (C=O) groups is 1. The van der Waals surface area contributed by atoms with Crippen LogP contribution in [0.25, 0.3) is 0 Å². The lowest BCUT2D eigenvalue weighted by atomic mass is 10.3. The maximum absolute atomic E-state index is 11.6. The largest absolute Gasteiger partial charge is 0.483 e. The molecule has 0 unspecified atom stereocenters. The molecule has 6 heteroatoms. The van der Waals surface area contributed by atoms with E-state index in [9.17, 15) is 9.90 Å². The first-order valence-electron chi connectivity index (χ1n) is 6.02. The van der Waals surface area contributed by atoms with Crippen LogP contribution in [0.3, 0.4) is 0 Å². The quantitative estimate of drug-likeness (QED) is 0.846. The molecule has 0 aliphatic rings. The summed E-state index contributed by atoms with van der Waals surface area (Å²) >= 11 is 3.33. The Morgan fingerprint density at radius 1 is 1.35 bits per heavy atom. The van der Waals surface area contributed by atoms with Crippen LogP contribution in [0.1, 0.15) is 11.9 Å². The van der Waals surface area contributed by atoms with Gasteiger partial charge in [-0.1, -0.05) is 12.1 Å². The van der Waals surface area contributed by atoms with Crippen LogP contribution < -0.4 is 10.1 Å². The Bertz CT molecular complexity index is 556. The number of halogens is 1. The van der Waals surface area contributed by atoms with Gasteiger partial charge in [-0.05, 0) is 40.2 Å². The van der Waals surface area contributed by atoms with E-state index in [1.54, 1.807) is 18.2 Å². The zero-order valence-electron chi connectivity index (χ0n) is 10.6. The van der Waals surface area contributed by atoms with Gasteiger partial charge >= 0.3 is 0 Å². The van der Waals surface area contributed by atoms with Gasteiger partial charge < -0.3 is 19.6 Å². The Labute approximate surface area is 124 Å². The summed E-state index contributed by atoms with van der Waals surface area (Å²) in [6, 6.07) is 10.6. The SMILES string of the molecule is O=C(COc1ccccc1Br)NC[C@@H](O)c1ccco1. The molecule has 1 heterocycles. The smallest absolute Gasteiger partial charge is 0.258 e. The summed E-state index contributed by atoms with van der Waals surface area (Å²) in [5, 5.41) is 12.3. The summed E-state index contributed by atoms with van der Waals surface area (Å²) in [5.41, 5.74) is 0. The maximum Gasteiger partial charge on any atom is 0.258 e. The van der Waals surface area contributed by atoms with Crippen molar-refractivity contribution in [2.75, 3.05) is 13.2 Å². The predicted molar refractivity (Wildman–Crippen MR) is 76.3 cm³/mol. The number of aliphatic hydroxyl groups excluding tert-OH is 1. The first-order chi connectivity index (χ1) is 9.66. The average molecular weight is 340 g/mol. The van der Waals surface area contributed by atoms with Gasteiger partial charge in [-0.25, -0.2) is 0 Å². The standard InChI is InChI=1S/C14H14BrNO4/c15-10-4-1-2-5-12(10)20-9-14(18)16-8-11(17)13-6-3-7-19-13/h1-7,11,17H,8-9H2,(H,16,18)/t11-/m1/s1. The van der Waals surface area contributed by atoms with Gasteiger partial charge in [0.2, 0.25) is 0 Å². The van der Waals surface area contributed by atoms with Crippen molar-refractivity contribution in [2.45, 2.75) is 6.10 Å². The average Bonchev–Trinajstić information content (AvgIpc) is 2.98. The van der Waals surface area contributed by atoms with E-state index in [1.807, 2.05) is 18.2 Å². The third kappa shape index (κ3) is 4.11. The highest BCUT2D eigenvalue weighted by atomic mass is 79.9. The van der Waals surface area contributed by atoms with E-state index < -0.39 is 6.10 Å². The number of amides is 1. The molecule has 0 saturated heterocycles. The van der Waals surface area contributed by atoms with E-state index in [0.29, 0.717) is 11.5 Å². The number of furan rings is 1. The number of carbonyl (C=O) groups excluding carboxylic acids is 1. The highest BCUT2D eigenvalue weighted by molar-refractivity contribution is 9.10. The predicted octanol–water partition coefficient (Wildman–Crippen LogP) is 2.27. The van der Waals surface area contributed by atoms with Crippen LogP contribution in [0.5, 0.6) is 5.75 Å². The fourth-order valence-corrected chi connectivity index (χ4v) is 1.95. The molecule has 0 aliphatic carbocycles. The lowest BCUT2D eigenvalue weighted by Gasteiger charge is -2.11. The third-order valence-corrected chi connectivity index (χ3v) is 3.21. The molecule has 0 radical (unpaired) electrons. The fraction of sp³-hybridized carbons (Fsp3) is 0.214. The van der Waals surface area contributed by atoms with Crippen LogP contribution in [-0.4, -0.2) is 24.2 Å². The van der Waals surface area contributed by atoms with Gasteiger partial charge in [0.15, 0.2) is 6.61 Å². The molecular weight excluding hydrogens is 326 g/mol. The topological polar surface area (TPSA) is 71.7 Å². The molecule has 2 aromatic rings. The molecule has 20 heavy (non-hydrogen) atoms. The minimum Gasteiger partial charge on any atom is -0.483 e. The van der Waals surface area contributed by atoms with Crippen LogP contribution in [-0.2, 0) is 4.79 Å². The van der Waals surface area contributed by atoms with Crippen molar-refractivity contribution >= 4 is 21.8 Å². The Balaban J connectivity index is 1.75. The molecule has 2 rings (SSSR count). The number of para-hydroxylation sites is 1. The molecule has 0 aliphatic heterocycles. The van der Waals surface area contributed by atoms with Gasteiger partial charge in [0, 0.05) is 0 Å². The molecule has 0 spiro atoms. The molecule has 106 valence electrons. The fourth-order valence-electron chi connectivity index (χ4n) is 1.55. The molecule has 0 bridgehead atoms. The van der Waals surface area contributed by atoms with Crippen molar-refractivity contribution in [3.05, 3.63) is 52.9 Å². The normalized spacial score (nSPS) is 11.9. The van der Waals surface area contributed by atoms with E-state index in [1.165, 1.54) is 6.26 Å². The Morgan fingerprint density at radius 3 is 2.85 bits per heavy atom. The van der Waals surface area contributed by atoms with Crippen molar-refractivity contribution in [3.8, 4) is 5.75 Å². The second kappa shape index (κ2) is 7.12. The van der Waals surface area contributed by atoms with Gasteiger partial charge in [-0.2, -0.15) is 0 Å². The number of hydrogen-bond donors (Lipinski definition) is 2. The first kappa shape index (κ1) is 14.6. The summed E-state index contributed by atoms with van der Waals surface area (Å²) in [7, 11) is 0. The zero-order chi connectivity index (χ0) is 14.4. The van der Waals surface area contributed by atoms with Crippen molar-refractivity contribution in [3.63, 3.8) is 0 Å². The van der Waals surface area contributed by atoms with Crippen LogP contribution in [0.15, 0.2) is 51.6 Å². The number of hydrogen-bond acceptors (Lipinski definition) is 4. The second-order valence-corrected chi connectivity index (χ2v) is 4.91. The molecule has 1 aromatic carbocycles. The first-order valence-corrected chi connectivity index (χ1v) is 6.81. The van der Waals surface area contributed by atoms with E-state index >= 15 is 0 Å². The van der Waals surface area contributed by atoms with Crippen LogP contribution in [0, 0.1) is 0 Å². The van der Waals surface area contributed by atoms with Crippen molar-refractivity contribution in [1.29, 1.82) is 0 Å². The molecule has 1 aromatic heterocycles. The summed E-state index contributed by atoms with van der Waals surface area (Å²) < 4.78 is 11.2.